The summed E-state index contributed by atoms with van der Waals surface area (Å²) in [5, 5.41) is 0. The van der Waals surface area contributed by atoms with Crippen LogP contribution in [0, 0.1) is 0 Å². The molecule has 116 valence electrons. The van der Waals surface area contributed by atoms with E-state index in [1.807, 2.05) is 6.07 Å². The number of benzene rings is 2. The number of hydrogen-bond acceptors (Lipinski definition) is 5. The predicted molar refractivity (Wildman–Crippen MR) is 81.7 cm³/mol. The van der Waals surface area contributed by atoms with Crippen molar-refractivity contribution < 1.29 is 22.7 Å². The molecule has 5 nitrogen and oxygen atoms in total. The van der Waals surface area contributed by atoms with E-state index in [1.165, 1.54) is 19.2 Å². The molecule has 0 aliphatic rings. The molecule has 2 aromatic carbocycles. The van der Waals surface area contributed by atoms with Crippen LogP contribution in [-0.4, -0.2) is 27.8 Å². The van der Waals surface area contributed by atoms with Crippen LogP contribution < -0.4 is 4.74 Å². The maximum Gasteiger partial charge on any atom is 0.337 e. The van der Waals surface area contributed by atoms with Crippen LogP contribution in [0.1, 0.15) is 15.9 Å². The molecule has 0 atom stereocenters. The Bertz CT molecular complexity index is 781. The number of rotatable bonds is 5. The highest BCUT2D eigenvalue weighted by atomic mass is 32.2. The van der Waals surface area contributed by atoms with Crippen LogP contribution in [0.2, 0.25) is 0 Å². The van der Waals surface area contributed by atoms with Crippen molar-refractivity contribution in [1.82, 2.24) is 0 Å². The van der Waals surface area contributed by atoms with Gasteiger partial charge in [0.25, 0.3) is 0 Å². The van der Waals surface area contributed by atoms with Crippen LogP contribution in [0.4, 0.5) is 0 Å². The molecule has 0 N–H and O–H groups in total. The van der Waals surface area contributed by atoms with E-state index < -0.39 is 15.8 Å². The van der Waals surface area contributed by atoms with Crippen molar-refractivity contribution in [3.05, 3.63) is 59.7 Å². The number of sulfone groups is 1. The van der Waals surface area contributed by atoms with Gasteiger partial charge in [-0.25, -0.2) is 13.2 Å². The molecule has 2 rings (SSSR count). The van der Waals surface area contributed by atoms with Gasteiger partial charge >= 0.3 is 5.97 Å². The topological polar surface area (TPSA) is 69.7 Å². The summed E-state index contributed by atoms with van der Waals surface area (Å²) in [7, 11) is -1.95. The molecule has 0 aliphatic carbocycles. The highest BCUT2D eigenvalue weighted by Gasteiger charge is 2.09. The lowest BCUT2D eigenvalue weighted by Gasteiger charge is -2.08. The summed E-state index contributed by atoms with van der Waals surface area (Å²) in [4.78, 5) is 11.7. The molecule has 0 fully saturated rings. The summed E-state index contributed by atoms with van der Waals surface area (Å²) in [6.07, 6.45) is 1.14. The van der Waals surface area contributed by atoms with Gasteiger partial charge in [0.05, 0.1) is 17.6 Å². The zero-order chi connectivity index (χ0) is 16.2. The first-order valence-corrected chi connectivity index (χ1v) is 8.39. The number of carbonyl (C=O) groups is 1. The van der Waals surface area contributed by atoms with Crippen LogP contribution in [0.3, 0.4) is 0 Å². The minimum Gasteiger partial charge on any atom is -0.489 e. The van der Waals surface area contributed by atoms with Gasteiger partial charge in [0.15, 0.2) is 9.84 Å². The molecule has 0 bridgehead atoms. The van der Waals surface area contributed by atoms with E-state index in [-0.39, 0.29) is 11.5 Å². The Balaban J connectivity index is 2.12. The van der Waals surface area contributed by atoms with Crippen LogP contribution in [0.5, 0.6) is 5.75 Å². The third kappa shape index (κ3) is 4.08. The lowest BCUT2D eigenvalue weighted by molar-refractivity contribution is 0.0600. The van der Waals surface area contributed by atoms with Crippen molar-refractivity contribution in [2.75, 3.05) is 13.4 Å². The van der Waals surface area contributed by atoms with E-state index in [0.29, 0.717) is 11.3 Å². The standard InChI is InChI=1S/C16H16O5S/c1-20-16(17)13-6-3-5-12(9-13)11-21-14-7-4-8-15(10-14)22(2,18)19/h3-10H,11H2,1-2H3. The highest BCUT2D eigenvalue weighted by Crippen LogP contribution is 2.19. The Morgan fingerprint density at radius 1 is 1.09 bits per heavy atom. The molecule has 0 saturated heterocycles. The van der Waals surface area contributed by atoms with Crippen LogP contribution in [0.25, 0.3) is 0 Å². The monoisotopic (exact) mass is 320 g/mol. The normalized spacial score (nSPS) is 11.0. The van der Waals surface area contributed by atoms with Crippen molar-refractivity contribution in [3.8, 4) is 5.75 Å². The second-order valence-corrected chi connectivity index (χ2v) is 6.74. The van der Waals surface area contributed by atoms with Crippen molar-refractivity contribution in [2.45, 2.75) is 11.5 Å². The van der Waals surface area contributed by atoms with Gasteiger partial charge in [-0.3, -0.25) is 0 Å². The zero-order valence-electron chi connectivity index (χ0n) is 12.3. The molecule has 0 unspecified atom stereocenters. The van der Waals surface area contributed by atoms with Gasteiger partial charge in [-0.2, -0.15) is 0 Å². The number of ether oxygens (including phenoxy) is 2. The highest BCUT2D eigenvalue weighted by molar-refractivity contribution is 7.90. The number of esters is 1. The molecular weight excluding hydrogens is 304 g/mol. The first-order valence-electron chi connectivity index (χ1n) is 6.50. The van der Waals surface area contributed by atoms with Crippen LogP contribution >= 0.6 is 0 Å². The molecule has 6 heteroatoms. The Morgan fingerprint density at radius 2 is 1.82 bits per heavy atom. The fourth-order valence-corrected chi connectivity index (χ4v) is 2.52. The van der Waals surface area contributed by atoms with Gasteiger partial charge in [0.1, 0.15) is 12.4 Å². The number of methoxy groups -OCH3 is 1. The van der Waals surface area contributed by atoms with Crippen LogP contribution in [-0.2, 0) is 21.2 Å². The van der Waals surface area contributed by atoms with Gasteiger partial charge in [-0.1, -0.05) is 18.2 Å². The smallest absolute Gasteiger partial charge is 0.337 e. The average molecular weight is 320 g/mol. The van der Waals surface area contributed by atoms with E-state index in [1.54, 1.807) is 30.3 Å². The largest absolute Gasteiger partial charge is 0.489 e. The number of carbonyl (C=O) groups excluding carboxylic acids is 1. The molecule has 2 aromatic rings. The Kier molecular flexibility index (Phi) is 4.82. The van der Waals surface area contributed by atoms with Gasteiger partial charge in [0.2, 0.25) is 0 Å². The quantitative estimate of drug-likeness (QED) is 0.792. The van der Waals surface area contributed by atoms with Gasteiger partial charge in [-0.15, -0.1) is 0 Å². The van der Waals surface area contributed by atoms with Crippen molar-refractivity contribution in [3.63, 3.8) is 0 Å². The van der Waals surface area contributed by atoms with Crippen molar-refractivity contribution in [2.24, 2.45) is 0 Å². The molecule has 0 amide bonds. The second kappa shape index (κ2) is 6.62. The van der Waals surface area contributed by atoms with Gasteiger partial charge < -0.3 is 9.47 Å². The molecule has 0 spiro atoms. The minimum absolute atomic E-state index is 0.202. The van der Waals surface area contributed by atoms with E-state index >= 15 is 0 Å². The fraction of sp³-hybridized carbons (Fsp3) is 0.188. The summed E-state index contributed by atoms with van der Waals surface area (Å²) in [5.41, 5.74) is 1.22. The van der Waals surface area contributed by atoms with Gasteiger partial charge in [0, 0.05) is 6.26 Å². The zero-order valence-corrected chi connectivity index (χ0v) is 13.1. The third-order valence-electron chi connectivity index (χ3n) is 2.99. The molecule has 0 aromatic heterocycles. The molecule has 0 heterocycles. The third-order valence-corrected chi connectivity index (χ3v) is 4.10. The summed E-state index contributed by atoms with van der Waals surface area (Å²) < 4.78 is 33.3. The summed E-state index contributed by atoms with van der Waals surface area (Å²) in [5.74, 6) is 0.0346. The summed E-state index contributed by atoms with van der Waals surface area (Å²) in [6, 6.07) is 13.2. The lowest BCUT2D eigenvalue weighted by atomic mass is 10.1. The number of hydrogen-bond donors (Lipinski definition) is 0. The van der Waals surface area contributed by atoms with Gasteiger partial charge in [-0.05, 0) is 35.9 Å². The Hall–Kier alpha value is -2.34. The SMILES string of the molecule is COC(=O)c1cccc(COc2cccc(S(C)(=O)=O)c2)c1. The Morgan fingerprint density at radius 3 is 2.50 bits per heavy atom. The molecule has 0 aliphatic heterocycles. The van der Waals surface area contributed by atoms with E-state index in [9.17, 15) is 13.2 Å². The van der Waals surface area contributed by atoms with Crippen molar-refractivity contribution in [1.29, 1.82) is 0 Å². The van der Waals surface area contributed by atoms with E-state index in [4.69, 9.17) is 4.74 Å². The van der Waals surface area contributed by atoms with Crippen molar-refractivity contribution >= 4 is 15.8 Å². The Labute approximate surface area is 129 Å². The molecule has 22 heavy (non-hydrogen) atoms. The maximum atomic E-state index is 11.5. The first kappa shape index (κ1) is 16.0. The minimum atomic E-state index is -3.27. The fourth-order valence-electron chi connectivity index (χ4n) is 1.87. The van der Waals surface area contributed by atoms with E-state index in [0.717, 1.165) is 11.8 Å². The van der Waals surface area contributed by atoms with Crippen LogP contribution in [0.15, 0.2) is 53.4 Å². The van der Waals surface area contributed by atoms with E-state index in [2.05, 4.69) is 4.74 Å². The summed E-state index contributed by atoms with van der Waals surface area (Å²) in [6.45, 7) is 0.220. The lowest BCUT2D eigenvalue weighted by Crippen LogP contribution is -2.03. The summed E-state index contributed by atoms with van der Waals surface area (Å²) >= 11 is 0. The predicted octanol–water partition coefficient (Wildman–Crippen LogP) is 2.46. The maximum absolute atomic E-state index is 11.5. The first-order chi connectivity index (χ1) is 10.4. The molecule has 0 saturated carbocycles. The average Bonchev–Trinajstić information content (AvgIpc) is 2.52. The molecular formula is C16H16O5S. The molecule has 0 radical (unpaired) electrons. The second-order valence-electron chi connectivity index (χ2n) is 4.73.